The molecule has 0 unspecified atom stereocenters. The third-order valence-electron chi connectivity index (χ3n) is 2.60. The first kappa shape index (κ1) is 17.5. The Bertz CT molecular complexity index is 759. The van der Waals surface area contributed by atoms with E-state index in [2.05, 4.69) is 10.3 Å². The minimum Gasteiger partial charge on any atom is -0.461 e. The van der Waals surface area contributed by atoms with Gasteiger partial charge in [0.1, 0.15) is 0 Å². The van der Waals surface area contributed by atoms with E-state index in [1.54, 1.807) is 31.2 Å². The number of anilines is 1. The molecule has 0 radical (unpaired) electrons. The van der Waals surface area contributed by atoms with Gasteiger partial charge in [0.25, 0.3) is 0 Å². The Morgan fingerprint density at radius 2 is 2.17 bits per heavy atom. The maximum atomic E-state index is 11.9. The fraction of sp³-hybridized carbons (Fsp3) is 0.133. The maximum absolute atomic E-state index is 11.9. The summed E-state index contributed by atoms with van der Waals surface area (Å²) in [7, 11) is 0. The molecule has 1 amide bonds. The van der Waals surface area contributed by atoms with Crippen molar-refractivity contribution in [1.29, 1.82) is 0 Å². The predicted octanol–water partition coefficient (Wildman–Crippen LogP) is 4.28. The van der Waals surface area contributed by atoms with Gasteiger partial charge >= 0.3 is 5.97 Å². The van der Waals surface area contributed by atoms with Crippen molar-refractivity contribution in [3.05, 3.63) is 51.0 Å². The zero-order chi connectivity index (χ0) is 16.8. The molecule has 0 aliphatic heterocycles. The number of esters is 1. The molecule has 2 rings (SSSR count). The van der Waals surface area contributed by atoms with Gasteiger partial charge in [-0.1, -0.05) is 29.3 Å². The van der Waals surface area contributed by atoms with Crippen LogP contribution in [0.25, 0.3) is 6.08 Å². The van der Waals surface area contributed by atoms with E-state index in [4.69, 9.17) is 27.9 Å². The topological polar surface area (TPSA) is 68.3 Å². The highest BCUT2D eigenvalue weighted by Gasteiger charge is 2.12. The van der Waals surface area contributed by atoms with Crippen molar-refractivity contribution >= 4 is 57.6 Å². The number of aromatic nitrogens is 1. The van der Waals surface area contributed by atoms with Gasteiger partial charge in [-0.25, -0.2) is 9.78 Å². The zero-order valence-electron chi connectivity index (χ0n) is 12.0. The number of thiazole rings is 1. The van der Waals surface area contributed by atoms with E-state index in [-0.39, 0.29) is 18.2 Å². The zero-order valence-corrected chi connectivity index (χ0v) is 14.3. The molecule has 1 N–H and O–H groups in total. The molecule has 0 saturated heterocycles. The smallest absolute Gasteiger partial charge is 0.357 e. The first-order valence-corrected chi connectivity index (χ1v) is 8.20. The minimum absolute atomic E-state index is 0.164. The Balaban J connectivity index is 1.99. The maximum Gasteiger partial charge on any atom is 0.357 e. The largest absolute Gasteiger partial charge is 0.461 e. The van der Waals surface area contributed by atoms with E-state index in [1.165, 1.54) is 11.5 Å². The molecule has 0 spiro atoms. The van der Waals surface area contributed by atoms with Gasteiger partial charge in [0, 0.05) is 21.5 Å². The molecule has 0 fully saturated rings. The highest BCUT2D eigenvalue weighted by molar-refractivity contribution is 7.14. The third-order valence-corrected chi connectivity index (χ3v) is 3.92. The first-order chi connectivity index (χ1) is 11.0. The van der Waals surface area contributed by atoms with Gasteiger partial charge in [-0.2, -0.15) is 0 Å². The second kappa shape index (κ2) is 8.10. The molecule has 8 heteroatoms. The SMILES string of the molecule is CCOC(=O)c1csc(NC(=O)/C=C/c2ccc(Cl)cc2Cl)n1. The number of benzene rings is 1. The van der Waals surface area contributed by atoms with Crippen LogP contribution in [0.4, 0.5) is 5.13 Å². The lowest BCUT2D eigenvalue weighted by Gasteiger charge is -1.99. The summed E-state index contributed by atoms with van der Waals surface area (Å²) in [5, 5.41) is 5.36. The van der Waals surface area contributed by atoms with Crippen molar-refractivity contribution in [2.75, 3.05) is 11.9 Å². The molecule has 5 nitrogen and oxygen atoms in total. The van der Waals surface area contributed by atoms with E-state index in [1.807, 2.05) is 0 Å². The average Bonchev–Trinajstić information content (AvgIpc) is 2.95. The lowest BCUT2D eigenvalue weighted by molar-refractivity contribution is -0.111. The Morgan fingerprint density at radius 3 is 2.87 bits per heavy atom. The van der Waals surface area contributed by atoms with Crippen LogP contribution < -0.4 is 5.32 Å². The van der Waals surface area contributed by atoms with Crippen molar-refractivity contribution in [3.63, 3.8) is 0 Å². The summed E-state index contributed by atoms with van der Waals surface area (Å²) in [6.45, 7) is 1.97. The molecule has 0 atom stereocenters. The summed E-state index contributed by atoms with van der Waals surface area (Å²) in [5.74, 6) is -0.909. The summed E-state index contributed by atoms with van der Waals surface area (Å²) in [4.78, 5) is 27.3. The summed E-state index contributed by atoms with van der Waals surface area (Å²) >= 11 is 13.0. The summed E-state index contributed by atoms with van der Waals surface area (Å²) in [6, 6.07) is 4.97. The fourth-order valence-electron chi connectivity index (χ4n) is 1.58. The monoisotopic (exact) mass is 370 g/mol. The van der Waals surface area contributed by atoms with Crippen molar-refractivity contribution in [2.24, 2.45) is 0 Å². The van der Waals surface area contributed by atoms with Crippen molar-refractivity contribution in [1.82, 2.24) is 4.98 Å². The molecule has 120 valence electrons. The number of hydrogen-bond acceptors (Lipinski definition) is 5. The van der Waals surface area contributed by atoms with Crippen LogP contribution in [-0.2, 0) is 9.53 Å². The van der Waals surface area contributed by atoms with E-state index in [0.717, 1.165) is 11.3 Å². The summed E-state index contributed by atoms with van der Waals surface area (Å²) in [6.07, 6.45) is 2.88. The van der Waals surface area contributed by atoms with E-state index in [9.17, 15) is 9.59 Å². The van der Waals surface area contributed by atoms with Gasteiger partial charge < -0.3 is 4.74 Å². The average molecular weight is 371 g/mol. The van der Waals surface area contributed by atoms with Crippen molar-refractivity contribution in [3.8, 4) is 0 Å². The van der Waals surface area contributed by atoms with Crippen LogP contribution in [0.3, 0.4) is 0 Å². The second-order valence-corrected chi connectivity index (χ2v) is 5.95. The van der Waals surface area contributed by atoms with Crippen LogP contribution in [0.15, 0.2) is 29.7 Å². The molecule has 2 aromatic rings. The molecule has 0 aliphatic carbocycles. The summed E-state index contributed by atoms with van der Waals surface area (Å²) in [5.41, 5.74) is 0.828. The highest BCUT2D eigenvalue weighted by Crippen LogP contribution is 2.22. The molecular formula is C15H12Cl2N2O3S. The molecule has 23 heavy (non-hydrogen) atoms. The van der Waals surface area contributed by atoms with Crippen LogP contribution in [-0.4, -0.2) is 23.5 Å². The van der Waals surface area contributed by atoms with Crippen LogP contribution in [0.5, 0.6) is 0 Å². The van der Waals surface area contributed by atoms with Crippen LogP contribution in [0.2, 0.25) is 10.0 Å². The van der Waals surface area contributed by atoms with E-state index in [0.29, 0.717) is 20.7 Å². The van der Waals surface area contributed by atoms with Gasteiger partial charge in [0.2, 0.25) is 5.91 Å². The molecule has 0 bridgehead atoms. The molecule has 0 aliphatic rings. The Morgan fingerprint density at radius 1 is 1.39 bits per heavy atom. The molecular weight excluding hydrogens is 359 g/mol. The molecule has 1 aromatic carbocycles. The lowest BCUT2D eigenvalue weighted by atomic mass is 10.2. The number of hydrogen-bond donors (Lipinski definition) is 1. The Kier molecular flexibility index (Phi) is 6.15. The van der Waals surface area contributed by atoms with Gasteiger partial charge in [-0.15, -0.1) is 11.3 Å². The van der Waals surface area contributed by atoms with Gasteiger partial charge in [0.15, 0.2) is 10.8 Å². The predicted molar refractivity (Wildman–Crippen MR) is 92.2 cm³/mol. The standard InChI is InChI=1S/C15H12Cl2N2O3S/c1-2-22-14(21)12-8-23-15(18-12)19-13(20)6-4-9-3-5-10(16)7-11(9)17/h3-8H,2H2,1H3,(H,18,19,20)/b6-4+. The Labute approximate surface area is 146 Å². The Hall–Kier alpha value is -1.89. The van der Waals surface area contributed by atoms with Gasteiger partial charge in [-0.3, -0.25) is 10.1 Å². The van der Waals surface area contributed by atoms with Crippen molar-refractivity contribution < 1.29 is 14.3 Å². The number of nitrogens with zero attached hydrogens (tertiary/aromatic N) is 1. The number of ether oxygens (including phenoxy) is 1. The van der Waals surface area contributed by atoms with Crippen molar-refractivity contribution in [2.45, 2.75) is 6.92 Å². The van der Waals surface area contributed by atoms with Crippen LogP contribution >= 0.6 is 34.5 Å². The number of carbonyl (C=O) groups excluding carboxylic acids is 2. The van der Waals surface area contributed by atoms with Gasteiger partial charge in [-0.05, 0) is 30.7 Å². The molecule has 1 aromatic heterocycles. The fourth-order valence-corrected chi connectivity index (χ4v) is 2.73. The quantitative estimate of drug-likeness (QED) is 0.629. The van der Waals surface area contributed by atoms with E-state index < -0.39 is 5.97 Å². The number of nitrogens with one attached hydrogen (secondary N) is 1. The van der Waals surface area contributed by atoms with E-state index >= 15 is 0 Å². The number of carbonyl (C=O) groups is 2. The third kappa shape index (κ3) is 5.06. The first-order valence-electron chi connectivity index (χ1n) is 6.56. The van der Waals surface area contributed by atoms with Crippen LogP contribution in [0, 0.1) is 0 Å². The highest BCUT2D eigenvalue weighted by atomic mass is 35.5. The number of rotatable bonds is 5. The summed E-state index contributed by atoms with van der Waals surface area (Å²) < 4.78 is 4.83. The minimum atomic E-state index is -0.521. The number of halogens is 2. The lowest BCUT2D eigenvalue weighted by Crippen LogP contribution is -2.09. The second-order valence-electron chi connectivity index (χ2n) is 4.25. The number of amides is 1. The molecule has 1 heterocycles. The molecule has 0 saturated carbocycles. The van der Waals surface area contributed by atoms with Crippen LogP contribution in [0.1, 0.15) is 23.0 Å². The van der Waals surface area contributed by atoms with Gasteiger partial charge in [0.05, 0.1) is 6.61 Å². The normalized spacial score (nSPS) is 10.7.